The lowest BCUT2D eigenvalue weighted by molar-refractivity contribution is -0.151. The summed E-state index contributed by atoms with van der Waals surface area (Å²) in [5.74, 6) is -0.234. The van der Waals surface area contributed by atoms with Crippen molar-refractivity contribution in [3.05, 3.63) is 0 Å². The van der Waals surface area contributed by atoms with Gasteiger partial charge in [0.2, 0.25) is 0 Å². The Morgan fingerprint density at radius 1 is 1.26 bits per heavy atom. The van der Waals surface area contributed by atoms with Crippen molar-refractivity contribution in [1.29, 1.82) is 0 Å². The highest BCUT2D eigenvalue weighted by atomic mass is 32.2. The van der Waals surface area contributed by atoms with Gasteiger partial charge in [-0.3, -0.25) is 4.90 Å². The van der Waals surface area contributed by atoms with Crippen molar-refractivity contribution >= 4 is 9.84 Å². The van der Waals surface area contributed by atoms with E-state index in [1.165, 1.54) is 11.8 Å². The first-order valence-corrected chi connectivity index (χ1v) is 8.27. The molecule has 1 aliphatic heterocycles. The highest BCUT2D eigenvalue weighted by Gasteiger charge is 2.34. The normalized spacial score (nSPS) is 19.0. The zero-order valence-electron chi connectivity index (χ0n) is 11.0. The number of alkyl halides is 3. The molecule has 0 aliphatic carbocycles. The monoisotopic (exact) mass is 302 g/mol. The minimum atomic E-state index is -4.29. The maximum absolute atomic E-state index is 12.6. The van der Waals surface area contributed by atoms with E-state index in [9.17, 15) is 21.6 Å². The van der Waals surface area contributed by atoms with Crippen LogP contribution >= 0.6 is 0 Å². The lowest BCUT2D eigenvalue weighted by Crippen LogP contribution is -2.48. The molecule has 0 atom stereocenters. The van der Waals surface area contributed by atoms with Crippen LogP contribution in [-0.2, 0) is 9.84 Å². The molecular weight excluding hydrogens is 281 g/mol. The highest BCUT2D eigenvalue weighted by molar-refractivity contribution is 7.91. The summed E-state index contributed by atoms with van der Waals surface area (Å²) in [6, 6.07) is -0.185. The first kappa shape index (κ1) is 16.7. The topological polar surface area (TPSA) is 49.4 Å². The van der Waals surface area contributed by atoms with Gasteiger partial charge in [0.15, 0.2) is 9.84 Å². The maximum atomic E-state index is 12.6. The zero-order chi connectivity index (χ0) is 14.5. The number of rotatable bonds is 6. The maximum Gasteiger partial charge on any atom is 0.401 e. The van der Waals surface area contributed by atoms with E-state index in [0.29, 0.717) is 25.9 Å². The summed E-state index contributed by atoms with van der Waals surface area (Å²) in [5.41, 5.74) is 0. The van der Waals surface area contributed by atoms with Crippen molar-refractivity contribution in [2.24, 2.45) is 0 Å². The highest BCUT2D eigenvalue weighted by Crippen LogP contribution is 2.21. The standard InChI is InChI=1S/C11H21F3N2O2S/c1-2-19(17,18)8-7-16(9-11(12,13)14)10-3-5-15-6-4-10/h10,15H,2-9H2,1H3. The summed E-state index contributed by atoms with van der Waals surface area (Å²) in [6.45, 7) is 1.80. The number of piperidine rings is 1. The van der Waals surface area contributed by atoms with Crippen molar-refractivity contribution < 1.29 is 21.6 Å². The Hall–Kier alpha value is -0.340. The molecule has 1 rings (SSSR count). The van der Waals surface area contributed by atoms with Gasteiger partial charge in [0.25, 0.3) is 0 Å². The number of sulfone groups is 1. The van der Waals surface area contributed by atoms with E-state index < -0.39 is 22.6 Å². The third-order valence-electron chi connectivity index (χ3n) is 3.34. The van der Waals surface area contributed by atoms with Crippen LogP contribution < -0.4 is 5.32 Å². The Labute approximate surface area is 112 Å². The second-order valence-electron chi connectivity index (χ2n) is 4.80. The number of halogens is 3. The van der Waals surface area contributed by atoms with Gasteiger partial charge in [-0.15, -0.1) is 0 Å². The molecule has 0 bridgehead atoms. The third kappa shape index (κ3) is 6.58. The van der Waals surface area contributed by atoms with Crippen LogP contribution in [0, 0.1) is 0 Å². The summed E-state index contributed by atoms with van der Waals surface area (Å²) in [4.78, 5) is 1.27. The van der Waals surface area contributed by atoms with E-state index >= 15 is 0 Å². The van der Waals surface area contributed by atoms with Gasteiger partial charge in [-0.05, 0) is 25.9 Å². The minimum absolute atomic E-state index is 0.0287. The molecule has 1 fully saturated rings. The molecule has 8 heteroatoms. The van der Waals surface area contributed by atoms with Gasteiger partial charge in [-0.25, -0.2) is 8.42 Å². The van der Waals surface area contributed by atoms with E-state index in [2.05, 4.69) is 5.32 Å². The van der Waals surface area contributed by atoms with Gasteiger partial charge in [0, 0.05) is 18.3 Å². The second kappa shape index (κ2) is 6.90. The average molecular weight is 302 g/mol. The van der Waals surface area contributed by atoms with Gasteiger partial charge in [0.05, 0.1) is 12.3 Å². The second-order valence-corrected chi connectivity index (χ2v) is 7.28. The Morgan fingerprint density at radius 2 is 1.84 bits per heavy atom. The predicted molar refractivity (Wildman–Crippen MR) is 67.8 cm³/mol. The first-order chi connectivity index (χ1) is 8.73. The van der Waals surface area contributed by atoms with Crippen LogP contribution in [0.4, 0.5) is 13.2 Å². The molecule has 0 spiro atoms. The van der Waals surface area contributed by atoms with Crippen LogP contribution in [0.15, 0.2) is 0 Å². The van der Waals surface area contributed by atoms with Crippen molar-refractivity contribution in [2.75, 3.05) is 37.7 Å². The fourth-order valence-corrected chi connectivity index (χ4v) is 2.99. The molecule has 0 saturated carbocycles. The molecule has 1 N–H and O–H groups in total. The van der Waals surface area contributed by atoms with E-state index in [1.54, 1.807) is 0 Å². The third-order valence-corrected chi connectivity index (χ3v) is 5.02. The molecule has 4 nitrogen and oxygen atoms in total. The summed E-state index contributed by atoms with van der Waals surface area (Å²) >= 11 is 0. The molecule has 0 aromatic carbocycles. The van der Waals surface area contributed by atoms with Gasteiger partial charge in [-0.2, -0.15) is 13.2 Å². The molecule has 114 valence electrons. The summed E-state index contributed by atoms with van der Waals surface area (Å²) in [6.07, 6.45) is -3.04. The molecule has 1 saturated heterocycles. The zero-order valence-corrected chi connectivity index (χ0v) is 11.9. The van der Waals surface area contributed by atoms with Crippen LogP contribution in [0.25, 0.3) is 0 Å². The van der Waals surface area contributed by atoms with E-state index in [-0.39, 0.29) is 24.1 Å². The quantitative estimate of drug-likeness (QED) is 0.796. The molecular formula is C11H21F3N2O2S. The van der Waals surface area contributed by atoms with E-state index in [1.807, 2.05) is 0 Å². The van der Waals surface area contributed by atoms with Crippen molar-refractivity contribution in [3.63, 3.8) is 0 Å². The van der Waals surface area contributed by atoms with Gasteiger partial charge in [0.1, 0.15) is 0 Å². The van der Waals surface area contributed by atoms with Crippen molar-refractivity contribution in [2.45, 2.75) is 32.0 Å². The molecule has 0 unspecified atom stereocenters. The Kier molecular flexibility index (Phi) is 6.07. The molecule has 0 aromatic heterocycles. The molecule has 19 heavy (non-hydrogen) atoms. The average Bonchev–Trinajstić information content (AvgIpc) is 2.34. The Balaban J connectivity index is 2.63. The smallest absolute Gasteiger partial charge is 0.317 e. The number of hydrogen-bond donors (Lipinski definition) is 1. The fourth-order valence-electron chi connectivity index (χ4n) is 2.19. The van der Waals surface area contributed by atoms with Gasteiger partial charge >= 0.3 is 6.18 Å². The largest absolute Gasteiger partial charge is 0.401 e. The number of nitrogens with one attached hydrogen (secondary N) is 1. The van der Waals surface area contributed by atoms with Crippen molar-refractivity contribution in [1.82, 2.24) is 10.2 Å². The lowest BCUT2D eigenvalue weighted by atomic mass is 10.0. The minimum Gasteiger partial charge on any atom is -0.317 e. The molecule has 0 amide bonds. The molecule has 1 aliphatic rings. The fraction of sp³-hybridized carbons (Fsp3) is 1.00. The number of nitrogens with zero attached hydrogens (tertiary/aromatic N) is 1. The van der Waals surface area contributed by atoms with E-state index in [4.69, 9.17) is 0 Å². The van der Waals surface area contributed by atoms with Gasteiger partial charge < -0.3 is 5.32 Å². The van der Waals surface area contributed by atoms with Crippen molar-refractivity contribution in [3.8, 4) is 0 Å². The Bertz CT molecular complexity index is 365. The van der Waals surface area contributed by atoms with Crippen LogP contribution in [0.1, 0.15) is 19.8 Å². The lowest BCUT2D eigenvalue weighted by Gasteiger charge is -2.35. The number of hydrogen-bond acceptors (Lipinski definition) is 4. The molecule has 1 heterocycles. The summed E-state index contributed by atoms with van der Waals surface area (Å²) < 4.78 is 60.5. The predicted octanol–water partition coefficient (Wildman–Crippen LogP) is 1.04. The van der Waals surface area contributed by atoms with Gasteiger partial charge in [-0.1, -0.05) is 6.92 Å². The van der Waals surface area contributed by atoms with Crippen LogP contribution in [-0.4, -0.2) is 63.2 Å². The van der Waals surface area contributed by atoms with E-state index in [0.717, 1.165) is 0 Å². The first-order valence-electron chi connectivity index (χ1n) is 6.45. The summed E-state index contributed by atoms with van der Waals surface area (Å²) in [7, 11) is -3.23. The molecule has 0 radical (unpaired) electrons. The Morgan fingerprint density at radius 3 is 2.32 bits per heavy atom. The summed E-state index contributed by atoms with van der Waals surface area (Å²) in [5, 5.41) is 3.09. The molecule has 0 aromatic rings. The van der Waals surface area contributed by atoms with Crippen LogP contribution in [0.3, 0.4) is 0 Å². The SMILES string of the molecule is CCS(=O)(=O)CCN(CC(F)(F)F)C1CCNCC1. The van der Waals surface area contributed by atoms with Crippen LogP contribution in [0.2, 0.25) is 0 Å². The van der Waals surface area contributed by atoms with Crippen LogP contribution in [0.5, 0.6) is 0 Å².